The van der Waals surface area contributed by atoms with E-state index in [1.54, 1.807) is 0 Å². The van der Waals surface area contributed by atoms with Gasteiger partial charge in [-0.25, -0.2) is 4.79 Å². The maximum atomic E-state index is 12.1. The summed E-state index contributed by atoms with van der Waals surface area (Å²) in [6, 6.07) is 30.4. The van der Waals surface area contributed by atoms with Crippen molar-refractivity contribution in [3.63, 3.8) is 0 Å². The quantitative estimate of drug-likeness (QED) is 0.456. The number of hydrogen-bond acceptors (Lipinski definition) is 4. The molecule has 1 saturated heterocycles. The zero-order valence-electron chi connectivity index (χ0n) is 15.8. The Bertz CT molecular complexity index is 976. The van der Waals surface area contributed by atoms with Gasteiger partial charge in [-0.05, 0) is 55.0 Å². The van der Waals surface area contributed by atoms with E-state index in [0.717, 1.165) is 4.90 Å². The molecule has 0 amide bonds. The van der Waals surface area contributed by atoms with Crippen molar-refractivity contribution in [1.29, 1.82) is 5.26 Å². The summed E-state index contributed by atoms with van der Waals surface area (Å²) in [6.07, 6.45) is 0.950. The van der Waals surface area contributed by atoms with Crippen LogP contribution in [-0.2, 0) is 20.4 Å². The minimum absolute atomic E-state index is 0.261. The first-order valence-electron chi connectivity index (χ1n) is 9.44. The Hall–Kier alpha value is -3.23. The van der Waals surface area contributed by atoms with E-state index in [1.165, 1.54) is 9.79 Å². The molecule has 0 aromatic heterocycles. The zero-order chi connectivity index (χ0) is 20.1. The Morgan fingerprint density at radius 1 is 0.862 bits per heavy atom. The van der Waals surface area contributed by atoms with Gasteiger partial charge in [0.2, 0.25) is 0 Å². The van der Waals surface area contributed by atoms with Crippen LogP contribution in [0.4, 0.5) is 0 Å². The van der Waals surface area contributed by atoms with Crippen molar-refractivity contribution in [3.8, 4) is 11.8 Å². The molecule has 1 unspecified atom stereocenters. The third kappa shape index (κ3) is 3.98. The summed E-state index contributed by atoms with van der Waals surface area (Å²) in [4.78, 5) is 15.7. The summed E-state index contributed by atoms with van der Waals surface area (Å²) < 4.78 is 10.9. The lowest BCUT2D eigenvalue weighted by molar-refractivity contribution is -0.163. The van der Waals surface area contributed by atoms with Gasteiger partial charge < -0.3 is 9.47 Å². The van der Waals surface area contributed by atoms with Crippen LogP contribution in [0, 0.1) is 11.3 Å². The average Bonchev–Trinajstić information content (AvgIpc) is 2.78. The molecule has 0 bridgehead atoms. The topological polar surface area (TPSA) is 59.3 Å². The van der Waals surface area contributed by atoms with Gasteiger partial charge in [0.25, 0.3) is 5.60 Å². The Balaban J connectivity index is 1.65. The molecule has 3 aromatic rings. The van der Waals surface area contributed by atoms with Gasteiger partial charge >= 0.3 is 5.97 Å². The van der Waals surface area contributed by atoms with Crippen molar-refractivity contribution in [2.75, 3.05) is 6.61 Å². The van der Waals surface area contributed by atoms with Crippen LogP contribution in [0.1, 0.15) is 12.8 Å². The highest BCUT2D eigenvalue weighted by Crippen LogP contribution is 2.33. The average molecular weight is 402 g/mol. The van der Waals surface area contributed by atoms with E-state index in [4.69, 9.17) is 9.47 Å². The Morgan fingerprint density at radius 3 is 1.93 bits per heavy atom. The highest BCUT2D eigenvalue weighted by Gasteiger charge is 2.45. The van der Waals surface area contributed by atoms with Gasteiger partial charge in [0.15, 0.2) is 14.7 Å². The number of nitriles is 1. The van der Waals surface area contributed by atoms with Crippen LogP contribution in [0.25, 0.3) is 0 Å². The van der Waals surface area contributed by atoms with Crippen molar-refractivity contribution >= 4 is 16.9 Å². The van der Waals surface area contributed by atoms with Crippen LogP contribution in [0.2, 0.25) is 0 Å². The van der Waals surface area contributed by atoms with E-state index < -0.39 is 11.6 Å². The van der Waals surface area contributed by atoms with E-state index in [-0.39, 0.29) is 10.9 Å². The maximum Gasteiger partial charge on any atom is 0.365 e. The number of rotatable bonds is 5. The van der Waals surface area contributed by atoms with Crippen molar-refractivity contribution < 1.29 is 14.3 Å². The summed E-state index contributed by atoms with van der Waals surface area (Å²) >= 11 is 0. The SMILES string of the molecule is N#CC1(Oc2ccc([S+](c3ccccc3)c3ccccc3)cc2)CCCOC1=O. The van der Waals surface area contributed by atoms with Crippen molar-refractivity contribution in [3.05, 3.63) is 84.9 Å². The molecule has 4 rings (SSSR count). The minimum Gasteiger partial charge on any atom is -0.462 e. The number of nitrogens with zero attached hydrogens (tertiary/aromatic N) is 1. The van der Waals surface area contributed by atoms with E-state index in [1.807, 2.05) is 66.7 Å². The molecule has 1 aliphatic heterocycles. The molecule has 1 fully saturated rings. The van der Waals surface area contributed by atoms with Crippen LogP contribution in [0.15, 0.2) is 99.6 Å². The molecule has 0 saturated carbocycles. The second-order valence-electron chi connectivity index (χ2n) is 6.68. The van der Waals surface area contributed by atoms with Crippen LogP contribution in [0.3, 0.4) is 0 Å². The van der Waals surface area contributed by atoms with Crippen LogP contribution >= 0.6 is 0 Å². The summed E-state index contributed by atoms with van der Waals surface area (Å²) in [5, 5.41) is 9.54. The lowest BCUT2D eigenvalue weighted by atomic mass is 9.97. The monoisotopic (exact) mass is 402 g/mol. The predicted octanol–water partition coefficient (Wildman–Crippen LogP) is 4.76. The molecule has 0 aliphatic carbocycles. The number of ether oxygens (including phenoxy) is 2. The first-order chi connectivity index (χ1) is 14.2. The fourth-order valence-electron chi connectivity index (χ4n) is 3.29. The Labute approximate surface area is 173 Å². The second-order valence-corrected chi connectivity index (χ2v) is 8.71. The lowest BCUT2D eigenvalue weighted by Crippen LogP contribution is -2.47. The Morgan fingerprint density at radius 2 is 1.41 bits per heavy atom. The molecule has 4 nitrogen and oxygen atoms in total. The predicted molar refractivity (Wildman–Crippen MR) is 111 cm³/mol. The summed E-state index contributed by atoms with van der Waals surface area (Å²) in [6.45, 7) is 0.335. The molecule has 29 heavy (non-hydrogen) atoms. The standard InChI is InChI=1S/C24H20NO3S/c25-18-24(16-7-17-27-23(24)26)28-19-12-14-22(15-13-19)29(20-8-3-1-4-9-20)21-10-5-2-6-11-21/h1-6,8-15H,7,16-17H2/q+1. The van der Waals surface area contributed by atoms with Gasteiger partial charge in [-0.15, -0.1) is 0 Å². The van der Waals surface area contributed by atoms with Gasteiger partial charge in [0, 0.05) is 6.42 Å². The van der Waals surface area contributed by atoms with E-state index in [9.17, 15) is 10.1 Å². The number of benzene rings is 3. The maximum absolute atomic E-state index is 12.1. The number of hydrogen-bond donors (Lipinski definition) is 0. The molecule has 0 radical (unpaired) electrons. The van der Waals surface area contributed by atoms with Gasteiger partial charge in [-0.1, -0.05) is 36.4 Å². The molecule has 0 N–H and O–H groups in total. The van der Waals surface area contributed by atoms with Crippen LogP contribution in [-0.4, -0.2) is 18.2 Å². The van der Waals surface area contributed by atoms with Gasteiger partial charge in [0.1, 0.15) is 11.8 Å². The summed E-state index contributed by atoms with van der Waals surface area (Å²) in [7, 11) is -0.261. The summed E-state index contributed by atoms with van der Waals surface area (Å²) in [5.74, 6) is -0.123. The molecule has 144 valence electrons. The highest BCUT2D eigenvalue weighted by molar-refractivity contribution is 7.97. The largest absolute Gasteiger partial charge is 0.462 e. The first-order valence-corrected chi connectivity index (χ1v) is 10.7. The van der Waals surface area contributed by atoms with E-state index in [2.05, 4.69) is 24.3 Å². The third-order valence-corrected chi connectivity index (χ3v) is 6.96. The minimum atomic E-state index is -1.56. The van der Waals surface area contributed by atoms with E-state index in [0.29, 0.717) is 25.2 Å². The molecule has 1 aliphatic rings. The lowest BCUT2D eigenvalue weighted by Gasteiger charge is -2.29. The highest BCUT2D eigenvalue weighted by atomic mass is 32.2. The van der Waals surface area contributed by atoms with Crippen molar-refractivity contribution in [1.82, 2.24) is 0 Å². The number of cyclic esters (lactones) is 1. The molecular weight excluding hydrogens is 382 g/mol. The molecule has 3 aromatic carbocycles. The number of carbonyl (C=O) groups excluding carboxylic acids is 1. The fourth-order valence-corrected chi connectivity index (χ4v) is 5.37. The molecule has 1 heterocycles. The van der Waals surface area contributed by atoms with Gasteiger partial charge in [-0.2, -0.15) is 5.26 Å². The van der Waals surface area contributed by atoms with Crippen LogP contribution < -0.4 is 4.74 Å². The molecular formula is C24H20NO3S+. The summed E-state index contributed by atoms with van der Waals surface area (Å²) in [5.41, 5.74) is -1.56. The first kappa shape index (κ1) is 19.1. The molecule has 1 atom stereocenters. The van der Waals surface area contributed by atoms with Crippen LogP contribution in [0.5, 0.6) is 5.75 Å². The fraction of sp³-hybridized carbons (Fsp3) is 0.167. The normalized spacial score (nSPS) is 18.7. The van der Waals surface area contributed by atoms with Gasteiger partial charge in [0.05, 0.1) is 17.5 Å². The molecule has 0 spiro atoms. The number of carbonyl (C=O) groups is 1. The third-order valence-electron chi connectivity index (χ3n) is 4.73. The Kier molecular flexibility index (Phi) is 5.55. The zero-order valence-corrected chi connectivity index (χ0v) is 16.6. The van der Waals surface area contributed by atoms with Crippen molar-refractivity contribution in [2.24, 2.45) is 0 Å². The second kappa shape index (κ2) is 8.42. The van der Waals surface area contributed by atoms with Crippen molar-refractivity contribution in [2.45, 2.75) is 33.1 Å². The smallest absolute Gasteiger partial charge is 0.365 e. The van der Waals surface area contributed by atoms with Gasteiger partial charge in [-0.3, -0.25) is 0 Å². The van der Waals surface area contributed by atoms with E-state index >= 15 is 0 Å². The number of esters is 1. The molecule has 5 heteroatoms.